The topological polar surface area (TPSA) is 85.8 Å². The number of terminal acetylenes is 1. The summed E-state index contributed by atoms with van der Waals surface area (Å²) in [4.78, 5) is 30.2. The maximum Gasteiger partial charge on any atom is 0.246 e. The predicted octanol–water partition coefficient (Wildman–Crippen LogP) is 1.79. The number of rotatable bonds is 6. The van der Waals surface area contributed by atoms with Crippen molar-refractivity contribution < 1.29 is 9.59 Å². The van der Waals surface area contributed by atoms with Crippen LogP contribution in [0.2, 0.25) is 0 Å². The van der Waals surface area contributed by atoms with Crippen LogP contribution in [0.15, 0.2) is 29.3 Å². The zero-order chi connectivity index (χ0) is 19.6. The fourth-order valence-electron chi connectivity index (χ4n) is 2.88. The van der Waals surface area contributed by atoms with Crippen LogP contribution < -0.4 is 16.0 Å². The highest BCUT2D eigenvalue weighted by atomic mass is 127. The minimum Gasteiger partial charge on any atom is -0.357 e. The number of carbonyl (C=O) groups is 2. The standard InChI is InChI=1S/C20H27N5O2.HI/c1-4-15-8-7-9-16(12-15)23-18(26)13-22-20(21-6-3)24-17-10-11-25(14-17)19(27)5-2;/h1,7-9,12,17H,5-6,10-11,13-14H2,2-3H3,(H,23,26)(H2,21,22,24);1H. The number of aliphatic imine (C=N–C) groups is 1. The lowest BCUT2D eigenvalue weighted by molar-refractivity contribution is -0.129. The van der Waals surface area contributed by atoms with E-state index < -0.39 is 0 Å². The van der Waals surface area contributed by atoms with Crippen LogP contribution in [0.25, 0.3) is 0 Å². The second-order valence-corrected chi connectivity index (χ2v) is 6.29. The summed E-state index contributed by atoms with van der Waals surface area (Å²) < 4.78 is 0. The van der Waals surface area contributed by atoms with Crippen LogP contribution in [-0.4, -0.2) is 54.9 Å². The number of nitrogens with zero attached hydrogens (tertiary/aromatic N) is 2. The zero-order valence-corrected chi connectivity index (χ0v) is 18.7. The average Bonchev–Trinajstić information content (AvgIpc) is 3.14. The molecule has 1 fully saturated rings. The van der Waals surface area contributed by atoms with Gasteiger partial charge in [0, 0.05) is 43.3 Å². The van der Waals surface area contributed by atoms with Gasteiger partial charge in [-0.3, -0.25) is 9.59 Å². The molecule has 1 heterocycles. The van der Waals surface area contributed by atoms with E-state index in [1.54, 1.807) is 24.3 Å². The average molecular weight is 497 g/mol. The summed E-state index contributed by atoms with van der Waals surface area (Å²) in [5, 5.41) is 9.22. The molecule has 28 heavy (non-hydrogen) atoms. The van der Waals surface area contributed by atoms with Crippen molar-refractivity contribution >= 4 is 47.4 Å². The molecule has 0 aromatic heterocycles. The van der Waals surface area contributed by atoms with E-state index in [0.717, 1.165) is 13.0 Å². The van der Waals surface area contributed by atoms with Gasteiger partial charge < -0.3 is 20.9 Å². The zero-order valence-electron chi connectivity index (χ0n) is 16.3. The Kier molecular flexibility index (Phi) is 10.4. The maximum absolute atomic E-state index is 12.2. The van der Waals surface area contributed by atoms with E-state index in [9.17, 15) is 9.59 Å². The summed E-state index contributed by atoms with van der Waals surface area (Å²) in [5.41, 5.74) is 1.35. The first-order valence-electron chi connectivity index (χ1n) is 9.24. The van der Waals surface area contributed by atoms with Crippen molar-refractivity contribution in [3.8, 4) is 12.3 Å². The lowest BCUT2D eigenvalue weighted by Gasteiger charge is -2.18. The predicted molar refractivity (Wildman–Crippen MR) is 123 cm³/mol. The van der Waals surface area contributed by atoms with Gasteiger partial charge in [0.05, 0.1) is 0 Å². The van der Waals surface area contributed by atoms with Gasteiger partial charge in [-0.15, -0.1) is 30.4 Å². The lowest BCUT2D eigenvalue weighted by Crippen LogP contribution is -2.45. The van der Waals surface area contributed by atoms with Crippen LogP contribution in [-0.2, 0) is 9.59 Å². The second-order valence-electron chi connectivity index (χ2n) is 6.29. The molecule has 0 radical (unpaired) electrons. The van der Waals surface area contributed by atoms with Crippen molar-refractivity contribution in [1.29, 1.82) is 0 Å². The molecule has 8 heteroatoms. The highest BCUT2D eigenvalue weighted by molar-refractivity contribution is 14.0. The minimum absolute atomic E-state index is 0. The summed E-state index contributed by atoms with van der Waals surface area (Å²) in [6, 6.07) is 7.25. The monoisotopic (exact) mass is 497 g/mol. The van der Waals surface area contributed by atoms with Gasteiger partial charge in [-0.2, -0.15) is 0 Å². The highest BCUT2D eigenvalue weighted by Gasteiger charge is 2.25. The number of amides is 2. The van der Waals surface area contributed by atoms with Crippen molar-refractivity contribution in [2.45, 2.75) is 32.7 Å². The van der Waals surface area contributed by atoms with E-state index >= 15 is 0 Å². The molecule has 0 saturated carbocycles. The molecule has 1 aliphatic heterocycles. The van der Waals surface area contributed by atoms with Crippen LogP contribution in [0.1, 0.15) is 32.3 Å². The Morgan fingerprint density at radius 1 is 1.36 bits per heavy atom. The van der Waals surface area contributed by atoms with Crippen molar-refractivity contribution in [2.24, 2.45) is 4.99 Å². The molecule has 1 unspecified atom stereocenters. The molecule has 0 spiro atoms. The molecule has 2 amide bonds. The molecule has 0 bridgehead atoms. The number of likely N-dealkylation sites (tertiary alicyclic amines) is 1. The molecule has 2 rings (SSSR count). The van der Waals surface area contributed by atoms with E-state index in [1.165, 1.54) is 0 Å². The number of anilines is 1. The first-order chi connectivity index (χ1) is 13.0. The number of hydrogen-bond acceptors (Lipinski definition) is 3. The fourth-order valence-corrected chi connectivity index (χ4v) is 2.88. The molecule has 152 valence electrons. The molecule has 1 aromatic carbocycles. The molecule has 7 nitrogen and oxygen atoms in total. The maximum atomic E-state index is 12.2. The van der Waals surface area contributed by atoms with Gasteiger partial charge in [-0.05, 0) is 31.5 Å². The van der Waals surface area contributed by atoms with Crippen molar-refractivity contribution in [3.05, 3.63) is 29.8 Å². The summed E-state index contributed by atoms with van der Waals surface area (Å²) in [7, 11) is 0. The molecular formula is C20H28IN5O2. The lowest BCUT2D eigenvalue weighted by atomic mass is 10.2. The first-order valence-corrected chi connectivity index (χ1v) is 9.24. The Morgan fingerprint density at radius 2 is 2.14 bits per heavy atom. The smallest absolute Gasteiger partial charge is 0.246 e. The molecule has 1 saturated heterocycles. The summed E-state index contributed by atoms with van der Waals surface area (Å²) in [5.74, 6) is 3.04. The Morgan fingerprint density at radius 3 is 2.82 bits per heavy atom. The Hall–Kier alpha value is -2.28. The number of nitrogens with one attached hydrogen (secondary N) is 3. The van der Waals surface area contributed by atoms with Gasteiger partial charge in [0.1, 0.15) is 6.54 Å². The quantitative estimate of drug-likeness (QED) is 0.242. The molecule has 3 N–H and O–H groups in total. The molecule has 0 aliphatic carbocycles. The number of hydrogen-bond donors (Lipinski definition) is 3. The SMILES string of the molecule is C#Cc1cccc(NC(=O)CN=C(NCC)NC2CCN(C(=O)CC)C2)c1.I. The van der Waals surface area contributed by atoms with E-state index in [-0.39, 0.29) is 48.4 Å². The highest BCUT2D eigenvalue weighted by Crippen LogP contribution is 2.11. The van der Waals surface area contributed by atoms with E-state index in [0.29, 0.717) is 36.7 Å². The van der Waals surface area contributed by atoms with E-state index in [4.69, 9.17) is 6.42 Å². The van der Waals surface area contributed by atoms with E-state index in [1.807, 2.05) is 18.7 Å². The van der Waals surface area contributed by atoms with Crippen LogP contribution in [0.5, 0.6) is 0 Å². The molecular weight excluding hydrogens is 469 g/mol. The van der Waals surface area contributed by atoms with Crippen LogP contribution in [0, 0.1) is 12.3 Å². The summed E-state index contributed by atoms with van der Waals surface area (Å²) in [6.45, 7) is 5.90. The van der Waals surface area contributed by atoms with Crippen molar-refractivity contribution in [3.63, 3.8) is 0 Å². The second kappa shape index (κ2) is 12.2. The Balaban J connectivity index is 0.00000392. The number of halogens is 1. The van der Waals surface area contributed by atoms with Crippen LogP contribution >= 0.6 is 24.0 Å². The first kappa shape index (κ1) is 23.8. The largest absolute Gasteiger partial charge is 0.357 e. The molecule has 1 atom stereocenters. The number of carbonyl (C=O) groups excluding carboxylic acids is 2. The number of benzene rings is 1. The third-order valence-corrected chi connectivity index (χ3v) is 4.22. The normalized spacial score (nSPS) is 16.0. The number of guanidine groups is 1. The molecule has 1 aromatic rings. The van der Waals surface area contributed by atoms with Gasteiger partial charge >= 0.3 is 0 Å². The summed E-state index contributed by atoms with van der Waals surface area (Å²) >= 11 is 0. The minimum atomic E-state index is -0.226. The Bertz CT molecular complexity index is 744. The third kappa shape index (κ3) is 7.38. The van der Waals surface area contributed by atoms with Crippen LogP contribution in [0.3, 0.4) is 0 Å². The Labute approximate surface area is 183 Å². The van der Waals surface area contributed by atoms with Gasteiger partial charge in [0.15, 0.2) is 5.96 Å². The fraction of sp³-hybridized carbons (Fsp3) is 0.450. The summed E-state index contributed by atoms with van der Waals surface area (Å²) in [6.07, 6.45) is 6.75. The third-order valence-electron chi connectivity index (χ3n) is 4.22. The van der Waals surface area contributed by atoms with Gasteiger partial charge in [-0.1, -0.05) is 18.9 Å². The molecule has 1 aliphatic rings. The van der Waals surface area contributed by atoms with Crippen molar-refractivity contribution in [2.75, 3.05) is 31.5 Å². The van der Waals surface area contributed by atoms with Gasteiger partial charge in [0.2, 0.25) is 11.8 Å². The van der Waals surface area contributed by atoms with E-state index in [2.05, 4.69) is 26.9 Å². The van der Waals surface area contributed by atoms with Crippen molar-refractivity contribution in [1.82, 2.24) is 15.5 Å². The van der Waals surface area contributed by atoms with Crippen LogP contribution in [0.4, 0.5) is 5.69 Å². The van der Waals surface area contributed by atoms with Gasteiger partial charge in [-0.25, -0.2) is 4.99 Å². The van der Waals surface area contributed by atoms with Gasteiger partial charge in [0.25, 0.3) is 0 Å².